The molecule has 0 saturated heterocycles. The Morgan fingerprint density at radius 1 is 1.35 bits per heavy atom. The summed E-state index contributed by atoms with van der Waals surface area (Å²) in [5.74, 6) is 2.61. The van der Waals surface area contributed by atoms with Gasteiger partial charge in [0.2, 0.25) is 6.79 Å². The summed E-state index contributed by atoms with van der Waals surface area (Å²) in [4.78, 5) is 6.50. The number of nitrogens with one attached hydrogen (secondary N) is 1. The van der Waals surface area contributed by atoms with Crippen LogP contribution < -0.4 is 14.8 Å². The summed E-state index contributed by atoms with van der Waals surface area (Å²) >= 11 is 0. The molecule has 0 radical (unpaired) electrons. The highest BCUT2D eigenvalue weighted by Gasteiger charge is 2.14. The zero-order valence-electron chi connectivity index (χ0n) is 9.77. The molecule has 0 aliphatic carbocycles. The van der Waals surface area contributed by atoms with Crippen molar-refractivity contribution in [3.63, 3.8) is 0 Å². The monoisotopic (exact) mass is 233 g/mol. The average molecular weight is 233 g/mol. The number of fused-ring (bicyclic) bond motifs is 1. The van der Waals surface area contributed by atoms with Crippen LogP contribution in [0.5, 0.6) is 11.5 Å². The van der Waals surface area contributed by atoms with Crippen molar-refractivity contribution in [3.8, 4) is 11.5 Å². The average Bonchev–Trinajstić information content (AvgIpc) is 2.94. The van der Waals surface area contributed by atoms with E-state index in [9.17, 15) is 0 Å². The molecule has 2 aliphatic heterocycles. The maximum absolute atomic E-state index is 5.34. The molecular weight excluding hydrogens is 218 g/mol. The number of ether oxygens (including phenoxy) is 2. The number of aliphatic imine (C=N–C) groups is 1. The van der Waals surface area contributed by atoms with E-state index < -0.39 is 0 Å². The second kappa shape index (κ2) is 4.16. The molecule has 5 heteroatoms. The van der Waals surface area contributed by atoms with Gasteiger partial charge in [-0.1, -0.05) is 6.07 Å². The molecule has 5 nitrogen and oxygen atoms in total. The summed E-state index contributed by atoms with van der Waals surface area (Å²) < 4.78 is 10.6. The number of rotatable bonds is 2. The molecule has 0 fully saturated rings. The summed E-state index contributed by atoms with van der Waals surface area (Å²) in [5, 5.41) is 3.32. The fraction of sp³-hybridized carbons (Fsp3) is 0.417. The summed E-state index contributed by atoms with van der Waals surface area (Å²) in [5.41, 5.74) is 1.16. The minimum atomic E-state index is 0.321. The number of hydrogen-bond donors (Lipinski definition) is 1. The molecule has 2 heterocycles. The van der Waals surface area contributed by atoms with Crippen molar-refractivity contribution in [3.05, 3.63) is 23.8 Å². The Balaban J connectivity index is 1.65. The normalized spacial score (nSPS) is 17.2. The fourth-order valence-electron chi connectivity index (χ4n) is 1.96. The third-order valence-electron chi connectivity index (χ3n) is 2.95. The molecule has 0 unspecified atom stereocenters. The number of guanidine groups is 1. The molecule has 1 N–H and O–H groups in total. The molecule has 3 rings (SSSR count). The van der Waals surface area contributed by atoms with Crippen LogP contribution in [-0.4, -0.2) is 37.8 Å². The van der Waals surface area contributed by atoms with Crippen LogP contribution in [0.2, 0.25) is 0 Å². The van der Waals surface area contributed by atoms with Gasteiger partial charge in [0.05, 0.1) is 6.54 Å². The van der Waals surface area contributed by atoms with Crippen molar-refractivity contribution in [2.24, 2.45) is 4.99 Å². The van der Waals surface area contributed by atoms with Gasteiger partial charge in [-0.15, -0.1) is 0 Å². The third-order valence-corrected chi connectivity index (χ3v) is 2.95. The number of likely N-dealkylation sites (N-methyl/N-ethyl adjacent to an activating group) is 1. The van der Waals surface area contributed by atoms with Crippen LogP contribution in [-0.2, 0) is 6.54 Å². The van der Waals surface area contributed by atoms with E-state index in [1.54, 1.807) is 0 Å². The maximum Gasteiger partial charge on any atom is 0.231 e. The van der Waals surface area contributed by atoms with Crippen molar-refractivity contribution in [1.82, 2.24) is 10.2 Å². The van der Waals surface area contributed by atoms with Crippen LogP contribution in [0.25, 0.3) is 0 Å². The molecule has 0 aromatic heterocycles. The van der Waals surface area contributed by atoms with E-state index in [1.165, 1.54) is 0 Å². The number of nitrogens with zero attached hydrogens (tertiary/aromatic N) is 2. The van der Waals surface area contributed by atoms with Crippen LogP contribution in [0.4, 0.5) is 0 Å². The largest absolute Gasteiger partial charge is 0.454 e. The Morgan fingerprint density at radius 2 is 2.24 bits per heavy atom. The molecular formula is C12H15N3O2. The summed E-state index contributed by atoms with van der Waals surface area (Å²) in [6, 6.07) is 5.99. The third kappa shape index (κ3) is 2.00. The van der Waals surface area contributed by atoms with Gasteiger partial charge in [-0.2, -0.15) is 0 Å². The molecule has 17 heavy (non-hydrogen) atoms. The molecule has 0 atom stereocenters. The van der Waals surface area contributed by atoms with Crippen LogP contribution in [0.1, 0.15) is 5.56 Å². The SMILES string of the molecule is CN1CCN=C1NCc1ccc2c(c1)OCO2. The van der Waals surface area contributed by atoms with E-state index in [-0.39, 0.29) is 0 Å². The van der Waals surface area contributed by atoms with E-state index in [0.717, 1.165) is 42.7 Å². The van der Waals surface area contributed by atoms with E-state index in [2.05, 4.69) is 15.2 Å². The highest BCUT2D eigenvalue weighted by Crippen LogP contribution is 2.32. The first-order valence-corrected chi connectivity index (χ1v) is 5.71. The first-order chi connectivity index (χ1) is 8.33. The van der Waals surface area contributed by atoms with E-state index in [1.807, 2.05) is 25.2 Å². The van der Waals surface area contributed by atoms with Crippen LogP contribution in [0, 0.1) is 0 Å². The predicted octanol–water partition coefficient (Wildman–Crippen LogP) is 0.806. The zero-order valence-corrected chi connectivity index (χ0v) is 9.77. The fourth-order valence-corrected chi connectivity index (χ4v) is 1.96. The molecule has 0 spiro atoms. The summed E-state index contributed by atoms with van der Waals surface area (Å²) in [6.07, 6.45) is 0. The Morgan fingerprint density at radius 3 is 3.06 bits per heavy atom. The molecule has 0 amide bonds. The molecule has 1 aromatic carbocycles. The molecule has 0 saturated carbocycles. The Bertz CT molecular complexity index is 459. The summed E-state index contributed by atoms with van der Waals surface area (Å²) in [6.45, 7) is 2.94. The smallest absolute Gasteiger partial charge is 0.231 e. The highest BCUT2D eigenvalue weighted by atomic mass is 16.7. The number of hydrogen-bond acceptors (Lipinski definition) is 5. The van der Waals surface area contributed by atoms with Crippen molar-refractivity contribution in [2.45, 2.75) is 6.54 Å². The lowest BCUT2D eigenvalue weighted by Crippen LogP contribution is -2.35. The van der Waals surface area contributed by atoms with Gasteiger partial charge in [0.1, 0.15) is 0 Å². The van der Waals surface area contributed by atoms with Gasteiger partial charge in [-0.3, -0.25) is 4.99 Å². The van der Waals surface area contributed by atoms with Crippen LogP contribution >= 0.6 is 0 Å². The Labute approximate surface area is 100 Å². The van der Waals surface area contributed by atoms with Crippen molar-refractivity contribution >= 4 is 5.96 Å². The van der Waals surface area contributed by atoms with Crippen LogP contribution in [0.3, 0.4) is 0 Å². The molecule has 1 aromatic rings. The van der Waals surface area contributed by atoms with Gasteiger partial charge < -0.3 is 19.7 Å². The summed E-state index contributed by atoms with van der Waals surface area (Å²) in [7, 11) is 2.04. The Hall–Kier alpha value is -1.91. The van der Waals surface area contributed by atoms with Gasteiger partial charge in [0, 0.05) is 20.1 Å². The topological polar surface area (TPSA) is 46.1 Å². The standard InChI is InChI=1S/C12H15N3O2/c1-15-5-4-13-12(15)14-7-9-2-3-10-11(6-9)17-8-16-10/h2-3,6H,4-5,7-8H2,1H3,(H,13,14). The van der Waals surface area contributed by atoms with Gasteiger partial charge in [0.15, 0.2) is 17.5 Å². The lowest BCUT2D eigenvalue weighted by atomic mass is 10.2. The highest BCUT2D eigenvalue weighted by molar-refractivity contribution is 5.81. The van der Waals surface area contributed by atoms with Crippen molar-refractivity contribution < 1.29 is 9.47 Å². The number of benzene rings is 1. The van der Waals surface area contributed by atoms with E-state index in [0.29, 0.717) is 6.79 Å². The molecule has 90 valence electrons. The maximum atomic E-state index is 5.34. The zero-order chi connectivity index (χ0) is 11.7. The Kier molecular flexibility index (Phi) is 2.51. The predicted molar refractivity (Wildman–Crippen MR) is 64.3 cm³/mol. The van der Waals surface area contributed by atoms with Gasteiger partial charge in [0.25, 0.3) is 0 Å². The van der Waals surface area contributed by atoms with Crippen LogP contribution in [0.15, 0.2) is 23.2 Å². The lowest BCUT2D eigenvalue weighted by Gasteiger charge is -2.15. The van der Waals surface area contributed by atoms with Gasteiger partial charge in [-0.05, 0) is 17.7 Å². The van der Waals surface area contributed by atoms with Gasteiger partial charge >= 0.3 is 0 Å². The van der Waals surface area contributed by atoms with Crippen molar-refractivity contribution in [1.29, 1.82) is 0 Å². The molecule has 0 bridgehead atoms. The van der Waals surface area contributed by atoms with E-state index >= 15 is 0 Å². The van der Waals surface area contributed by atoms with Crippen molar-refractivity contribution in [2.75, 3.05) is 26.9 Å². The van der Waals surface area contributed by atoms with E-state index in [4.69, 9.17) is 9.47 Å². The first-order valence-electron chi connectivity index (χ1n) is 5.71. The second-order valence-corrected chi connectivity index (χ2v) is 4.17. The lowest BCUT2D eigenvalue weighted by molar-refractivity contribution is 0.174. The molecule has 2 aliphatic rings. The minimum absolute atomic E-state index is 0.321. The quantitative estimate of drug-likeness (QED) is 0.821. The minimum Gasteiger partial charge on any atom is -0.454 e. The second-order valence-electron chi connectivity index (χ2n) is 4.17. The van der Waals surface area contributed by atoms with Gasteiger partial charge in [-0.25, -0.2) is 0 Å². The first kappa shape index (κ1) is 10.3.